The second kappa shape index (κ2) is 3.85. The maximum atomic E-state index is 12.7. The Kier molecular flexibility index (Phi) is 2.69. The molecule has 1 fully saturated rings. The molecular formula is C11H11FO2S. The Hall–Kier alpha value is -1.03. The second-order valence-corrected chi connectivity index (χ2v) is 5.00. The minimum atomic E-state index is -0.410. The minimum absolute atomic E-state index is 0.183. The van der Waals surface area contributed by atoms with Gasteiger partial charge in [0.2, 0.25) is 0 Å². The standard InChI is InChI=1S/C11H11FO2S/c1-14-10(13)11(6-7-11)15-9-4-2-8(12)3-5-9/h2-5H,6-7H2,1H3. The van der Waals surface area contributed by atoms with Crippen LogP contribution in [0.15, 0.2) is 29.2 Å². The van der Waals surface area contributed by atoms with E-state index in [1.54, 1.807) is 12.1 Å². The van der Waals surface area contributed by atoms with E-state index in [2.05, 4.69) is 0 Å². The number of methoxy groups -OCH3 is 1. The Labute approximate surface area is 91.8 Å². The first kappa shape index (κ1) is 10.5. The van der Waals surface area contributed by atoms with Crippen molar-refractivity contribution in [3.63, 3.8) is 0 Å². The van der Waals surface area contributed by atoms with E-state index in [9.17, 15) is 9.18 Å². The zero-order valence-corrected chi connectivity index (χ0v) is 9.14. The molecule has 0 aromatic heterocycles. The van der Waals surface area contributed by atoms with E-state index >= 15 is 0 Å². The van der Waals surface area contributed by atoms with E-state index in [4.69, 9.17) is 4.74 Å². The van der Waals surface area contributed by atoms with Gasteiger partial charge in [-0.05, 0) is 37.1 Å². The van der Waals surface area contributed by atoms with E-state index in [1.165, 1.54) is 31.0 Å². The number of carbonyl (C=O) groups is 1. The van der Waals surface area contributed by atoms with Gasteiger partial charge in [-0.3, -0.25) is 4.79 Å². The summed E-state index contributed by atoms with van der Waals surface area (Å²) >= 11 is 1.46. The van der Waals surface area contributed by atoms with Crippen LogP contribution < -0.4 is 0 Å². The SMILES string of the molecule is COC(=O)C1(Sc2ccc(F)cc2)CC1. The molecule has 0 atom stereocenters. The summed E-state index contributed by atoms with van der Waals surface area (Å²) in [4.78, 5) is 12.4. The molecular weight excluding hydrogens is 215 g/mol. The topological polar surface area (TPSA) is 26.3 Å². The van der Waals surface area contributed by atoms with Crippen molar-refractivity contribution in [3.8, 4) is 0 Å². The van der Waals surface area contributed by atoms with Crippen LogP contribution in [0.25, 0.3) is 0 Å². The third-order valence-electron chi connectivity index (χ3n) is 2.39. The average Bonchev–Trinajstić information content (AvgIpc) is 3.01. The van der Waals surface area contributed by atoms with E-state index in [-0.39, 0.29) is 11.8 Å². The van der Waals surface area contributed by atoms with Crippen LogP contribution in [0, 0.1) is 5.82 Å². The zero-order chi connectivity index (χ0) is 10.9. The van der Waals surface area contributed by atoms with Gasteiger partial charge in [0.15, 0.2) is 0 Å². The Morgan fingerprint density at radius 1 is 1.40 bits per heavy atom. The molecule has 1 saturated carbocycles. The molecule has 0 bridgehead atoms. The van der Waals surface area contributed by atoms with Crippen LogP contribution in [0.3, 0.4) is 0 Å². The molecule has 15 heavy (non-hydrogen) atoms. The van der Waals surface area contributed by atoms with Crippen LogP contribution in [0.4, 0.5) is 4.39 Å². The summed E-state index contributed by atoms with van der Waals surface area (Å²) in [7, 11) is 1.40. The van der Waals surface area contributed by atoms with E-state index in [0.717, 1.165) is 17.7 Å². The van der Waals surface area contributed by atoms with Gasteiger partial charge in [0.25, 0.3) is 0 Å². The predicted molar refractivity (Wildman–Crippen MR) is 56.2 cm³/mol. The summed E-state index contributed by atoms with van der Waals surface area (Å²) in [5.74, 6) is -0.445. The number of carbonyl (C=O) groups excluding carboxylic acids is 1. The van der Waals surface area contributed by atoms with Gasteiger partial charge >= 0.3 is 5.97 Å². The van der Waals surface area contributed by atoms with Crippen LogP contribution in [0.1, 0.15) is 12.8 Å². The van der Waals surface area contributed by atoms with Gasteiger partial charge in [0.1, 0.15) is 10.6 Å². The average molecular weight is 226 g/mol. The van der Waals surface area contributed by atoms with Crippen molar-refractivity contribution in [1.82, 2.24) is 0 Å². The molecule has 0 spiro atoms. The van der Waals surface area contributed by atoms with Gasteiger partial charge in [-0.25, -0.2) is 4.39 Å². The summed E-state index contributed by atoms with van der Waals surface area (Å²) < 4.78 is 17.0. The number of thioether (sulfide) groups is 1. The molecule has 1 aliphatic carbocycles. The van der Waals surface area contributed by atoms with Gasteiger partial charge in [-0.15, -0.1) is 11.8 Å². The van der Waals surface area contributed by atoms with E-state index < -0.39 is 4.75 Å². The molecule has 1 aliphatic rings. The summed E-state index contributed by atoms with van der Waals surface area (Å²) in [6, 6.07) is 6.16. The van der Waals surface area contributed by atoms with Crippen LogP contribution in [0.2, 0.25) is 0 Å². The van der Waals surface area contributed by atoms with Crippen LogP contribution in [-0.4, -0.2) is 17.8 Å². The Morgan fingerprint density at radius 2 is 2.00 bits per heavy atom. The third-order valence-corrected chi connectivity index (χ3v) is 3.86. The second-order valence-electron chi connectivity index (χ2n) is 3.54. The van der Waals surface area contributed by atoms with E-state index in [1.807, 2.05) is 0 Å². The molecule has 0 radical (unpaired) electrons. The van der Waals surface area contributed by atoms with Crippen molar-refractivity contribution in [2.24, 2.45) is 0 Å². The number of hydrogen-bond acceptors (Lipinski definition) is 3. The lowest BCUT2D eigenvalue weighted by Crippen LogP contribution is -2.19. The van der Waals surface area contributed by atoms with Crippen molar-refractivity contribution in [3.05, 3.63) is 30.1 Å². The lowest BCUT2D eigenvalue weighted by atomic mass is 10.3. The Morgan fingerprint density at radius 3 is 2.47 bits per heavy atom. The Balaban J connectivity index is 2.09. The first-order valence-electron chi connectivity index (χ1n) is 4.69. The molecule has 0 N–H and O–H groups in total. The van der Waals surface area contributed by atoms with Crippen molar-refractivity contribution in [2.45, 2.75) is 22.5 Å². The first-order chi connectivity index (χ1) is 7.16. The normalized spacial score (nSPS) is 17.2. The highest BCUT2D eigenvalue weighted by Gasteiger charge is 2.52. The number of ether oxygens (including phenoxy) is 1. The third kappa shape index (κ3) is 2.15. The summed E-state index contributed by atoms with van der Waals surface area (Å²) in [6.45, 7) is 0. The molecule has 0 amide bonds. The lowest BCUT2D eigenvalue weighted by molar-refractivity contribution is -0.140. The molecule has 0 aliphatic heterocycles. The van der Waals surface area contributed by atoms with Crippen molar-refractivity contribution in [1.29, 1.82) is 0 Å². The molecule has 1 aromatic carbocycles. The van der Waals surface area contributed by atoms with Crippen molar-refractivity contribution in [2.75, 3.05) is 7.11 Å². The van der Waals surface area contributed by atoms with Gasteiger partial charge < -0.3 is 4.74 Å². The molecule has 2 nitrogen and oxygen atoms in total. The number of rotatable bonds is 3. The molecule has 80 valence electrons. The molecule has 0 heterocycles. The summed E-state index contributed by atoms with van der Waals surface area (Å²) in [5.41, 5.74) is 0. The van der Waals surface area contributed by atoms with Gasteiger partial charge in [-0.2, -0.15) is 0 Å². The van der Waals surface area contributed by atoms with Gasteiger partial charge in [0.05, 0.1) is 7.11 Å². The van der Waals surface area contributed by atoms with Crippen molar-refractivity contribution < 1.29 is 13.9 Å². The van der Waals surface area contributed by atoms with Crippen molar-refractivity contribution >= 4 is 17.7 Å². The monoisotopic (exact) mass is 226 g/mol. The highest BCUT2D eigenvalue weighted by atomic mass is 32.2. The zero-order valence-electron chi connectivity index (χ0n) is 8.33. The van der Waals surface area contributed by atoms with E-state index in [0.29, 0.717) is 0 Å². The largest absolute Gasteiger partial charge is 0.468 e. The molecule has 2 rings (SSSR count). The van der Waals surface area contributed by atoms with Crippen LogP contribution >= 0.6 is 11.8 Å². The summed E-state index contributed by atoms with van der Waals surface area (Å²) in [6.07, 6.45) is 1.67. The minimum Gasteiger partial charge on any atom is -0.468 e. The fourth-order valence-electron chi connectivity index (χ4n) is 1.38. The summed E-state index contributed by atoms with van der Waals surface area (Å²) in [5, 5.41) is 0. The lowest BCUT2D eigenvalue weighted by Gasteiger charge is -2.11. The quantitative estimate of drug-likeness (QED) is 0.741. The maximum Gasteiger partial charge on any atom is 0.322 e. The van der Waals surface area contributed by atoms with Gasteiger partial charge in [0, 0.05) is 4.90 Å². The maximum absolute atomic E-state index is 12.7. The van der Waals surface area contributed by atoms with Gasteiger partial charge in [-0.1, -0.05) is 0 Å². The number of esters is 1. The highest BCUT2D eigenvalue weighted by Crippen LogP contribution is 2.52. The number of benzene rings is 1. The van der Waals surface area contributed by atoms with Crippen LogP contribution in [0.5, 0.6) is 0 Å². The highest BCUT2D eigenvalue weighted by molar-refractivity contribution is 8.01. The molecule has 4 heteroatoms. The number of hydrogen-bond donors (Lipinski definition) is 0. The molecule has 1 aromatic rings. The fourth-order valence-corrected chi connectivity index (χ4v) is 2.57. The predicted octanol–water partition coefficient (Wildman–Crippen LogP) is 2.62. The smallest absolute Gasteiger partial charge is 0.322 e. The van der Waals surface area contributed by atoms with Crippen LogP contribution in [-0.2, 0) is 9.53 Å². The number of halogens is 1. The Bertz CT molecular complexity index is 371. The molecule has 0 unspecified atom stereocenters. The fraction of sp³-hybridized carbons (Fsp3) is 0.364. The first-order valence-corrected chi connectivity index (χ1v) is 5.51. The molecule has 0 saturated heterocycles.